The van der Waals surface area contributed by atoms with Gasteiger partial charge >= 0.3 is 0 Å². The van der Waals surface area contributed by atoms with Crippen molar-refractivity contribution in [3.63, 3.8) is 0 Å². The van der Waals surface area contributed by atoms with Gasteiger partial charge in [0.25, 0.3) is 0 Å². The average Bonchev–Trinajstić information content (AvgIpc) is 2.50. The van der Waals surface area contributed by atoms with Gasteiger partial charge in [-0.1, -0.05) is 25.7 Å². The maximum Gasteiger partial charge on any atom is 0.188 e. The molecule has 1 saturated heterocycles. The van der Waals surface area contributed by atoms with Crippen molar-refractivity contribution in [2.24, 2.45) is 10.7 Å². The van der Waals surface area contributed by atoms with Crippen LogP contribution in [0.3, 0.4) is 0 Å². The summed E-state index contributed by atoms with van der Waals surface area (Å²) in [4.78, 5) is 6.83. The van der Waals surface area contributed by atoms with E-state index in [-0.39, 0.29) is 0 Å². The summed E-state index contributed by atoms with van der Waals surface area (Å²) in [5.41, 5.74) is 5.92. The maximum absolute atomic E-state index is 5.92. The Bertz CT molecular complexity index is 240. The highest BCUT2D eigenvalue weighted by Crippen LogP contribution is 2.16. The highest BCUT2D eigenvalue weighted by molar-refractivity contribution is 5.78. The summed E-state index contributed by atoms with van der Waals surface area (Å²) in [7, 11) is 0. The standard InChI is InChI=1S/C13H26N4/c14-13(15-8-11-17-9-5-10-17)16-12-6-3-1-2-4-7-12/h12H,1-11H2,(H3,14,15,16). The summed E-state index contributed by atoms with van der Waals surface area (Å²) in [6, 6.07) is 0.560. The van der Waals surface area contributed by atoms with E-state index in [4.69, 9.17) is 5.73 Å². The molecular formula is C13H26N4. The molecular weight excluding hydrogens is 212 g/mol. The number of guanidine groups is 1. The SMILES string of the molecule is NC(=NCCN1CCC1)NC1CCCCCC1. The molecule has 0 bridgehead atoms. The van der Waals surface area contributed by atoms with E-state index in [1.54, 1.807) is 0 Å². The molecule has 1 heterocycles. The van der Waals surface area contributed by atoms with Crippen LogP contribution in [0.4, 0.5) is 0 Å². The molecule has 2 fully saturated rings. The van der Waals surface area contributed by atoms with Crippen LogP contribution in [0, 0.1) is 0 Å². The van der Waals surface area contributed by atoms with Crippen LogP contribution in [0.1, 0.15) is 44.9 Å². The molecule has 4 nitrogen and oxygen atoms in total. The summed E-state index contributed by atoms with van der Waals surface area (Å²) in [5.74, 6) is 0.650. The summed E-state index contributed by atoms with van der Waals surface area (Å²) in [5, 5.41) is 3.38. The highest BCUT2D eigenvalue weighted by atomic mass is 15.2. The smallest absolute Gasteiger partial charge is 0.188 e. The monoisotopic (exact) mass is 238 g/mol. The Morgan fingerprint density at radius 1 is 1.12 bits per heavy atom. The minimum Gasteiger partial charge on any atom is -0.370 e. The van der Waals surface area contributed by atoms with Crippen molar-refractivity contribution in [1.29, 1.82) is 0 Å². The van der Waals surface area contributed by atoms with Crippen molar-refractivity contribution in [3.05, 3.63) is 0 Å². The molecule has 0 amide bonds. The third-order valence-electron chi connectivity index (χ3n) is 3.85. The minimum atomic E-state index is 0.560. The van der Waals surface area contributed by atoms with Gasteiger partial charge in [-0.2, -0.15) is 0 Å². The largest absolute Gasteiger partial charge is 0.370 e. The molecule has 1 saturated carbocycles. The molecule has 2 aliphatic rings. The molecule has 98 valence electrons. The van der Waals surface area contributed by atoms with E-state index in [1.807, 2.05) is 0 Å². The third kappa shape index (κ3) is 4.54. The van der Waals surface area contributed by atoms with Crippen molar-refractivity contribution in [1.82, 2.24) is 10.2 Å². The number of rotatable bonds is 4. The minimum absolute atomic E-state index is 0.560. The van der Waals surface area contributed by atoms with Crippen molar-refractivity contribution >= 4 is 5.96 Å². The Balaban J connectivity index is 1.63. The molecule has 1 aliphatic carbocycles. The van der Waals surface area contributed by atoms with E-state index in [0.717, 1.165) is 13.1 Å². The molecule has 17 heavy (non-hydrogen) atoms. The molecule has 0 unspecified atom stereocenters. The van der Waals surface area contributed by atoms with Gasteiger partial charge in [-0.15, -0.1) is 0 Å². The second kappa shape index (κ2) is 6.84. The quantitative estimate of drug-likeness (QED) is 0.441. The van der Waals surface area contributed by atoms with Crippen molar-refractivity contribution in [3.8, 4) is 0 Å². The predicted octanol–water partition coefficient (Wildman–Crippen LogP) is 1.32. The van der Waals surface area contributed by atoms with Crippen LogP contribution in [0.5, 0.6) is 0 Å². The van der Waals surface area contributed by atoms with E-state index in [1.165, 1.54) is 58.0 Å². The first-order chi connectivity index (χ1) is 8.34. The van der Waals surface area contributed by atoms with Crippen LogP contribution in [0.15, 0.2) is 4.99 Å². The van der Waals surface area contributed by atoms with E-state index in [2.05, 4.69) is 15.2 Å². The zero-order valence-electron chi connectivity index (χ0n) is 10.8. The first-order valence-electron chi connectivity index (χ1n) is 7.13. The summed E-state index contributed by atoms with van der Waals surface area (Å²) >= 11 is 0. The zero-order chi connectivity index (χ0) is 11.9. The van der Waals surface area contributed by atoms with E-state index in [9.17, 15) is 0 Å². The lowest BCUT2D eigenvalue weighted by Gasteiger charge is -2.29. The molecule has 3 N–H and O–H groups in total. The van der Waals surface area contributed by atoms with Crippen LogP contribution >= 0.6 is 0 Å². The fourth-order valence-electron chi connectivity index (χ4n) is 2.60. The van der Waals surface area contributed by atoms with Gasteiger partial charge in [-0.25, -0.2) is 0 Å². The molecule has 4 heteroatoms. The lowest BCUT2D eigenvalue weighted by molar-refractivity contribution is 0.187. The van der Waals surface area contributed by atoms with E-state index in [0.29, 0.717) is 12.0 Å². The van der Waals surface area contributed by atoms with Crippen molar-refractivity contribution in [2.75, 3.05) is 26.2 Å². The Labute approximate surface area is 105 Å². The van der Waals surface area contributed by atoms with Gasteiger partial charge in [0.2, 0.25) is 0 Å². The molecule has 0 radical (unpaired) electrons. The molecule has 0 atom stereocenters. The zero-order valence-corrected chi connectivity index (χ0v) is 10.8. The first-order valence-corrected chi connectivity index (χ1v) is 7.13. The summed E-state index contributed by atoms with van der Waals surface area (Å²) < 4.78 is 0. The lowest BCUT2D eigenvalue weighted by atomic mass is 10.1. The van der Waals surface area contributed by atoms with Gasteiger partial charge in [0, 0.05) is 12.6 Å². The summed E-state index contributed by atoms with van der Waals surface area (Å²) in [6.45, 7) is 4.38. The van der Waals surface area contributed by atoms with Crippen molar-refractivity contribution < 1.29 is 0 Å². The Kier molecular flexibility index (Phi) is 5.10. The Morgan fingerprint density at radius 3 is 2.41 bits per heavy atom. The van der Waals surface area contributed by atoms with E-state index < -0.39 is 0 Å². The number of aliphatic imine (C=N–C) groups is 1. The number of likely N-dealkylation sites (tertiary alicyclic amines) is 1. The number of nitrogens with zero attached hydrogens (tertiary/aromatic N) is 2. The Hall–Kier alpha value is -0.770. The maximum atomic E-state index is 5.92. The normalized spacial score (nSPS) is 24.1. The number of nitrogens with two attached hydrogens (primary N) is 1. The van der Waals surface area contributed by atoms with Crippen LogP contribution in [-0.2, 0) is 0 Å². The topological polar surface area (TPSA) is 53.6 Å². The van der Waals surface area contributed by atoms with Crippen LogP contribution in [-0.4, -0.2) is 43.1 Å². The van der Waals surface area contributed by atoms with Gasteiger partial charge in [0.1, 0.15) is 0 Å². The van der Waals surface area contributed by atoms with Crippen LogP contribution in [0.25, 0.3) is 0 Å². The lowest BCUT2D eigenvalue weighted by Crippen LogP contribution is -2.41. The molecule has 1 aliphatic heterocycles. The Morgan fingerprint density at radius 2 is 1.82 bits per heavy atom. The second-order valence-corrected chi connectivity index (χ2v) is 5.29. The van der Waals surface area contributed by atoms with Crippen LogP contribution < -0.4 is 11.1 Å². The first kappa shape index (κ1) is 12.7. The number of hydrogen-bond donors (Lipinski definition) is 2. The molecule has 0 aromatic rings. The van der Waals surface area contributed by atoms with Crippen LogP contribution in [0.2, 0.25) is 0 Å². The van der Waals surface area contributed by atoms with Gasteiger partial charge in [-0.05, 0) is 32.4 Å². The fourth-order valence-corrected chi connectivity index (χ4v) is 2.60. The summed E-state index contributed by atoms with van der Waals surface area (Å²) in [6.07, 6.45) is 9.27. The number of hydrogen-bond acceptors (Lipinski definition) is 2. The third-order valence-corrected chi connectivity index (χ3v) is 3.85. The fraction of sp³-hybridized carbons (Fsp3) is 0.923. The molecule has 0 aromatic carbocycles. The van der Waals surface area contributed by atoms with Crippen molar-refractivity contribution in [2.45, 2.75) is 51.0 Å². The number of nitrogens with one attached hydrogen (secondary N) is 1. The predicted molar refractivity (Wildman–Crippen MR) is 72.2 cm³/mol. The second-order valence-electron chi connectivity index (χ2n) is 5.29. The van der Waals surface area contributed by atoms with Gasteiger partial charge < -0.3 is 16.0 Å². The van der Waals surface area contributed by atoms with Gasteiger partial charge in [-0.3, -0.25) is 4.99 Å². The van der Waals surface area contributed by atoms with Gasteiger partial charge in [0.05, 0.1) is 6.54 Å². The molecule has 0 aromatic heterocycles. The van der Waals surface area contributed by atoms with E-state index >= 15 is 0 Å². The highest BCUT2D eigenvalue weighted by Gasteiger charge is 2.13. The average molecular weight is 238 g/mol. The molecule has 2 rings (SSSR count). The van der Waals surface area contributed by atoms with Gasteiger partial charge in [0.15, 0.2) is 5.96 Å². The molecule has 0 spiro atoms.